The van der Waals surface area contributed by atoms with Crippen molar-refractivity contribution in [2.24, 2.45) is 5.73 Å². The number of amides is 3. The molecule has 0 aromatic rings. The monoisotopic (exact) mass is 231 g/mol. The predicted octanol–water partition coefficient (Wildman–Crippen LogP) is -0.634. The number of hydrogen-bond donors (Lipinski definition) is 3. The predicted molar refractivity (Wildman–Crippen MR) is 56.7 cm³/mol. The summed E-state index contributed by atoms with van der Waals surface area (Å²) in [5, 5.41) is 10.7. The van der Waals surface area contributed by atoms with E-state index in [1.807, 2.05) is 5.32 Å². The van der Waals surface area contributed by atoms with Crippen molar-refractivity contribution in [3.8, 4) is 0 Å². The van der Waals surface area contributed by atoms with E-state index >= 15 is 0 Å². The molecule has 1 atom stereocenters. The van der Waals surface area contributed by atoms with Crippen LogP contribution >= 0.6 is 0 Å². The minimum Gasteiger partial charge on any atom is -0.480 e. The van der Waals surface area contributed by atoms with Crippen molar-refractivity contribution in [1.29, 1.82) is 0 Å². The zero-order valence-electron chi connectivity index (χ0n) is 9.40. The summed E-state index contributed by atoms with van der Waals surface area (Å²) in [5.41, 5.74) is 4.76. The Morgan fingerprint density at radius 1 is 1.44 bits per heavy atom. The first-order valence-corrected chi connectivity index (χ1v) is 4.90. The molecule has 0 aliphatic rings. The van der Waals surface area contributed by atoms with Crippen LogP contribution in [0.4, 0.5) is 4.79 Å². The van der Waals surface area contributed by atoms with Crippen molar-refractivity contribution in [2.75, 3.05) is 13.6 Å². The van der Waals surface area contributed by atoms with E-state index in [1.54, 1.807) is 18.9 Å². The van der Waals surface area contributed by atoms with Gasteiger partial charge in [0.2, 0.25) is 5.91 Å². The summed E-state index contributed by atoms with van der Waals surface area (Å²) >= 11 is 0. The van der Waals surface area contributed by atoms with Crippen LogP contribution in [0, 0.1) is 0 Å². The molecule has 4 N–H and O–H groups in total. The fourth-order valence-corrected chi connectivity index (χ4v) is 1.31. The van der Waals surface area contributed by atoms with Crippen LogP contribution in [0.1, 0.15) is 19.8 Å². The van der Waals surface area contributed by atoms with Gasteiger partial charge < -0.3 is 10.8 Å². The molecule has 0 aliphatic carbocycles. The molecule has 0 rings (SSSR count). The van der Waals surface area contributed by atoms with Crippen molar-refractivity contribution in [2.45, 2.75) is 25.8 Å². The highest BCUT2D eigenvalue weighted by Crippen LogP contribution is 2.02. The van der Waals surface area contributed by atoms with E-state index in [0.717, 1.165) is 0 Å². The fraction of sp³-hybridized carbons (Fsp3) is 0.667. The Bertz CT molecular complexity index is 280. The van der Waals surface area contributed by atoms with Crippen LogP contribution < -0.4 is 11.1 Å². The Morgan fingerprint density at radius 2 is 2.00 bits per heavy atom. The molecular weight excluding hydrogens is 214 g/mol. The summed E-state index contributed by atoms with van der Waals surface area (Å²) in [7, 11) is 1.61. The molecule has 0 saturated carbocycles. The number of rotatable bonds is 6. The molecule has 0 radical (unpaired) electrons. The van der Waals surface area contributed by atoms with Crippen molar-refractivity contribution < 1.29 is 19.5 Å². The standard InChI is InChI=1S/C9H17N3O4/c1-3-6(8(14)15)12(2)5-4-7(13)11-9(10)16/h6H,3-5H2,1-2H3,(H,14,15)(H3,10,11,13,16). The summed E-state index contributed by atoms with van der Waals surface area (Å²) in [5.74, 6) is -1.44. The summed E-state index contributed by atoms with van der Waals surface area (Å²) in [6.07, 6.45) is 0.479. The number of aliphatic carboxylic acids is 1. The van der Waals surface area contributed by atoms with Crippen LogP contribution in [0.15, 0.2) is 0 Å². The zero-order chi connectivity index (χ0) is 12.7. The third-order valence-electron chi connectivity index (χ3n) is 2.16. The number of nitrogens with zero attached hydrogens (tertiary/aromatic N) is 1. The van der Waals surface area contributed by atoms with Gasteiger partial charge in [0.15, 0.2) is 0 Å². The Labute approximate surface area is 93.6 Å². The molecule has 0 aromatic carbocycles. The van der Waals surface area contributed by atoms with E-state index < -0.39 is 23.9 Å². The second-order valence-electron chi connectivity index (χ2n) is 3.41. The first kappa shape index (κ1) is 14.4. The number of carboxylic acid groups (broad SMARTS) is 1. The maximum Gasteiger partial charge on any atom is 0.320 e. The number of carbonyl (C=O) groups is 3. The van der Waals surface area contributed by atoms with Gasteiger partial charge in [0, 0.05) is 13.0 Å². The SMILES string of the molecule is CCC(C(=O)O)N(C)CCC(=O)NC(N)=O. The lowest BCUT2D eigenvalue weighted by atomic mass is 10.2. The number of hydrogen-bond acceptors (Lipinski definition) is 4. The minimum absolute atomic E-state index is 0.0310. The van der Waals surface area contributed by atoms with E-state index in [4.69, 9.17) is 10.8 Å². The second kappa shape index (κ2) is 6.78. The van der Waals surface area contributed by atoms with Gasteiger partial charge in [-0.3, -0.25) is 19.8 Å². The van der Waals surface area contributed by atoms with Gasteiger partial charge in [0.1, 0.15) is 6.04 Å². The lowest BCUT2D eigenvalue weighted by Crippen LogP contribution is -2.41. The van der Waals surface area contributed by atoms with E-state index in [9.17, 15) is 14.4 Å². The highest BCUT2D eigenvalue weighted by atomic mass is 16.4. The number of nitrogens with one attached hydrogen (secondary N) is 1. The average Bonchev–Trinajstić information content (AvgIpc) is 2.14. The number of nitrogens with two attached hydrogens (primary N) is 1. The molecule has 3 amide bonds. The van der Waals surface area contributed by atoms with Crippen LogP contribution in [0.25, 0.3) is 0 Å². The molecule has 0 spiro atoms. The van der Waals surface area contributed by atoms with Gasteiger partial charge in [-0.1, -0.05) is 6.92 Å². The first-order chi connectivity index (χ1) is 7.38. The van der Waals surface area contributed by atoms with Crippen LogP contribution in [0.3, 0.4) is 0 Å². The van der Waals surface area contributed by atoms with Crippen molar-refractivity contribution in [1.82, 2.24) is 10.2 Å². The molecule has 7 nitrogen and oxygen atoms in total. The molecule has 0 aromatic heterocycles. The quantitative estimate of drug-likeness (QED) is 0.563. The molecular formula is C9H17N3O4. The first-order valence-electron chi connectivity index (χ1n) is 4.90. The average molecular weight is 231 g/mol. The maximum atomic E-state index is 11.1. The van der Waals surface area contributed by atoms with Crippen LogP contribution in [-0.4, -0.2) is 47.5 Å². The van der Waals surface area contributed by atoms with Gasteiger partial charge in [-0.2, -0.15) is 0 Å². The number of carbonyl (C=O) groups excluding carboxylic acids is 2. The molecule has 0 aliphatic heterocycles. The molecule has 0 bridgehead atoms. The number of imide groups is 1. The number of likely N-dealkylation sites (N-methyl/N-ethyl adjacent to an activating group) is 1. The largest absolute Gasteiger partial charge is 0.480 e. The van der Waals surface area contributed by atoms with Crippen molar-refractivity contribution >= 4 is 17.9 Å². The summed E-state index contributed by atoms with van der Waals surface area (Å²) in [6.45, 7) is 2.00. The molecule has 92 valence electrons. The Balaban J connectivity index is 4.05. The van der Waals surface area contributed by atoms with E-state index in [-0.39, 0.29) is 13.0 Å². The van der Waals surface area contributed by atoms with Gasteiger partial charge in [-0.05, 0) is 13.5 Å². The van der Waals surface area contributed by atoms with Gasteiger partial charge >= 0.3 is 12.0 Å². The molecule has 16 heavy (non-hydrogen) atoms. The van der Waals surface area contributed by atoms with Gasteiger partial charge in [-0.25, -0.2) is 4.79 Å². The van der Waals surface area contributed by atoms with Crippen molar-refractivity contribution in [3.05, 3.63) is 0 Å². The lowest BCUT2D eigenvalue weighted by molar-refractivity contribution is -0.143. The van der Waals surface area contributed by atoms with Gasteiger partial charge in [0.25, 0.3) is 0 Å². The fourth-order valence-electron chi connectivity index (χ4n) is 1.31. The van der Waals surface area contributed by atoms with Crippen LogP contribution in [0.2, 0.25) is 0 Å². The second-order valence-corrected chi connectivity index (χ2v) is 3.41. The smallest absolute Gasteiger partial charge is 0.320 e. The molecule has 0 saturated heterocycles. The Morgan fingerprint density at radius 3 is 2.38 bits per heavy atom. The summed E-state index contributed by atoms with van der Waals surface area (Å²) in [6, 6.07) is -1.53. The van der Waals surface area contributed by atoms with E-state index in [1.165, 1.54) is 0 Å². The number of urea groups is 1. The normalized spacial score (nSPS) is 12.2. The number of carboxylic acids is 1. The van der Waals surface area contributed by atoms with Crippen molar-refractivity contribution in [3.63, 3.8) is 0 Å². The highest BCUT2D eigenvalue weighted by molar-refractivity contribution is 5.93. The van der Waals surface area contributed by atoms with E-state index in [2.05, 4.69) is 0 Å². The van der Waals surface area contributed by atoms with Crippen LogP contribution in [-0.2, 0) is 9.59 Å². The summed E-state index contributed by atoms with van der Waals surface area (Å²) < 4.78 is 0. The zero-order valence-corrected chi connectivity index (χ0v) is 9.40. The maximum absolute atomic E-state index is 11.1. The minimum atomic E-state index is -0.930. The molecule has 7 heteroatoms. The summed E-state index contributed by atoms with van der Waals surface area (Å²) in [4.78, 5) is 33.7. The highest BCUT2D eigenvalue weighted by Gasteiger charge is 2.20. The lowest BCUT2D eigenvalue weighted by Gasteiger charge is -2.22. The van der Waals surface area contributed by atoms with Gasteiger partial charge in [0.05, 0.1) is 0 Å². The van der Waals surface area contributed by atoms with E-state index in [0.29, 0.717) is 6.42 Å². The molecule has 1 unspecified atom stereocenters. The topological polar surface area (TPSA) is 113 Å². The third-order valence-corrected chi connectivity index (χ3v) is 2.16. The third kappa shape index (κ3) is 5.30. The van der Waals surface area contributed by atoms with Gasteiger partial charge in [-0.15, -0.1) is 0 Å². The Hall–Kier alpha value is -1.63. The Kier molecular flexibility index (Phi) is 6.09. The molecule has 0 heterocycles. The molecule has 0 fully saturated rings. The number of primary amides is 1. The van der Waals surface area contributed by atoms with Crippen LogP contribution in [0.5, 0.6) is 0 Å².